The predicted molar refractivity (Wildman–Crippen MR) is 47.2 cm³/mol. The Hall–Kier alpha value is -2.05. The summed E-state index contributed by atoms with van der Waals surface area (Å²) in [5.74, 6) is -1.70. The highest BCUT2D eigenvalue weighted by molar-refractivity contribution is 5.90. The molecule has 0 saturated carbocycles. The van der Waals surface area contributed by atoms with E-state index < -0.39 is 23.4 Å². The van der Waals surface area contributed by atoms with Crippen molar-refractivity contribution in [1.82, 2.24) is 9.61 Å². The third kappa shape index (κ3) is 1.50. The molecule has 0 radical (unpaired) electrons. The minimum atomic E-state index is -4.74. The first-order valence-corrected chi connectivity index (χ1v) is 4.19. The van der Waals surface area contributed by atoms with Crippen molar-refractivity contribution in [3.63, 3.8) is 0 Å². The van der Waals surface area contributed by atoms with Crippen molar-refractivity contribution in [3.05, 3.63) is 35.7 Å². The zero-order valence-electron chi connectivity index (χ0n) is 7.69. The van der Waals surface area contributed by atoms with Crippen molar-refractivity contribution in [2.24, 2.45) is 0 Å². The number of pyridine rings is 1. The van der Waals surface area contributed by atoms with Gasteiger partial charge in [-0.2, -0.15) is 18.3 Å². The van der Waals surface area contributed by atoms with Gasteiger partial charge in [-0.1, -0.05) is 6.07 Å². The van der Waals surface area contributed by atoms with Gasteiger partial charge in [0.05, 0.1) is 5.52 Å². The maximum atomic E-state index is 12.7. The number of hydrogen-bond acceptors (Lipinski definition) is 2. The Morgan fingerprint density at radius 2 is 2.06 bits per heavy atom. The average molecular weight is 230 g/mol. The number of alkyl halides is 3. The first kappa shape index (κ1) is 10.5. The summed E-state index contributed by atoms with van der Waals surface area (Å²) in [6.45, 7) is 0. The van der Waals surface area contributed by atoms with Crippen LogP contribution in [0.15, 0.2) is 24.4 Å². The van der Waals surface area contributed by atoms with Gasteiger partial charge in [-0.25, -0.2) is 9.31 Å². The van der Waals surface area contributed by atoms with E-state index >= 15 is 0 Å². The van der Waals surface area contributed by atoms with Crippen molar-refractivity contribution in [2.75, 3.05) is 0 Å². The van der Waals surface area contributed by atoms with E-state index in [-0.39, 0.29) is 5.52 Å². The largest absolute Gasteiger partial charge is 0.476 e. The molecule has 16 heavy (non-hydrogen) atoms. The zero-order chi connectivity index (χ0) is 11.9. The molecule has 0 atom stereocenters. The molecule has 0 bridgehead atoms. The van der Waals surface area contributed by atoms with Gasteiger partial charge in [0.15, 0.2) is 5.69 Å². The van der Waals surface area contributed by atoms with Gasteiger partial charge >= 0.3 is 12.1 Å². The zero-order valence-corrected chi connectivity index (χ0v) is 7.69. The maximum absolute atomic E-state index is 12.7. The average Bonchev–Trinajstić information content (AvgIpc) is 2.55. The highest BCUT2D eigenvalue weighted by Gasteiger charge is 2.40. The van der Waals surface area contributed by atoms with Crippen molar-refractivity contribution < 1.29 is 23.1 Å². The number of nitrogens with zero attached hydrogens (tertiary/aromatic N) is 2. The lowest BCUT2D eigenvalue weighted by Crippen LogP contribution is -2.11. The van der Waals surface area contributed by atoms with E-state index in [0.29, 0.717) is 0 Å². The van der Waals surface area contributed by atoms with Crippen LogP contribution in [0, 0.1) is 0 Å². The number of carboxylic acids is 1. The number of hydrogen-bond donors (Lipinski definition) is 1. The Balaban J connectivity index is 2.85. The molecule has 2 aromatic rings. The van der Waals surface area contributed by atoms with Crippen molar-refractivity contribution in [3.8, 4) is 0 Å². The van der Waals surface area contributed by atoms with Crippen LogP contribution in [0.3, 0.4) is 0 Å². The van der Waals surface area contributed by atoms with Crippen LogP contribution in [0.1, 0.15) is 16.1 Å². The lowest BCUT2D eigenvalue weighted by Gasteiger charge is -2.04. The van der Waals surface area contributed by atoms with Crippen LogP contribution in [0.5, 0.6) is 0 Å². The molecule has 2 heterocycles. The summed E-state index contributed by atoms with van der Waals surface area (Å²) in [7, 11) is 0. The molecule has 0 saturated heterocycles. The van der Waals surface area contributed by atoms with Gasteiger partial charge in [0.2, 0.25) is 0 Å². The molecular weight excluding hydrogens is 225 g/mol. The SMILES string of the molecule is O=C(O)c1nn2ccccc2c1C(F)(F)F. The molecule has 0 aliphatic rings. The van der Waals surface area contributed by atoms with Crippen LogP contribution in [0.25, 0.3) is 5.52 Å². The van der Waals surface area contributed by atoms with Gasteiger partial charge in [-0.3, -0.25) is 0 Å². The van der Waals surface area contributed by atoms with Gasteiger partial charge in [-0.15, -0.1) is 0 Å². The van der Waals surface area contributed by atoms with E-state index in [0.717, 1.165) is 4.52 Å². The summed E-state index contributed by atoms with van der Waals surface area (Å²) < 4.78 is 38.9. The normalized spacial score (nSPS) is 11.9. The third-order valence-corrected chi connectivity index (χ3v) is 2.03. The minimum absolute atomic E-state index is 0.271. The van der Waals surface area contributed by atoms with E-state index in [1.807, 2.05) is 0 Å². The fourth-order valence-electron chi connectivity index (χ4n) is 1.43. The minimum Gasteiger partial charge on any atom is -0.476 e. The maximum Gasteiger partial charge on any atom is 0.420 e. The smallest absolute Gasteiger partial charge is 0.420 e. The molecule has 0 amide bonds. The van der Waals surface area contributed by atoms with Gasteiger partial charge in [0.1, 0.15) is 5.56 Å². The summed E-state index contributed by atoms with van der Waals surface area (Å²) in [4.78, 5) is 10.7. The summed E-state index contributed by atoms with van der Waals surface area (Å²) in [5, 5.41) is 12.0. The topological polar surface area (TPSA) is 54.6 Å². The molecule has 0 fully saturated rings. The monoisotopic (exact) mass is 230 g/mol. The molecule has 2 aromatic heterocycles. The van der Waals surface area contributed by atoms with Crippen LogP contribution in [0.2, 0.25) is 0 Å². The fraction of sp³-hybridized carbons (Fsp3) is 0.111. The number of carboxylic acid groups (broad SMARTS) is 1. The van der Waals surface area contributed by atoms with E-state index in [1.165, 1.54) is 24.4 Å². The molecule has 0 unspecified atom stereocenters. The van der Waals surface area contributed by atoms with Crippen LogP contribution in [-0.2, 0) is 6.18 Å². The standard InChI is InChI=1S/C9H5F3N2O2/c10-9(11,12)6-5-3-1-2-4-14(5)13-7(6)8(15)16/h1-4H,(H,15,16). The first-order chi connectivity index (χ1) is 7.41. The van der Waals surface area contributed by atoms with Crippen LogP contribution in [-0.4, -0.2) is 20.7 Å². The summed E-state index contributed by atoms with van der Waals surface area (Å²) in [6, 6.07) is 4.02. The van der Waals surface area contributed by atoms with Crippen molar-refractivity contribution in [1.29, 1.82) is 0 Å². The second-order valence-corrected chi connectivity index (χ2v) is 3.06. The van der Waals surface area contributed by atoms with E-state index in [9.17, 15) is 18.0 Å². The Morgan fingerprint density at radius 1 is 1.38 bits per heavy atom. The van der Waals surface area contributed by atoms with Gasteiger partial charge in [0.25, 0.3) is 0 Å². The number of aromatic nitrogens is 2. The number of aromatic carboxylic acids is 1. The highest BCUT2D eigenvalue weighted by atomic mass is 19.4. The predicted octanol–water partition coefficient (Wildman–Crippen LogP) is 2.05. The molecule has 0 aliphatic carbocycles. The molecule has 84 valence electrons. The highest BCUT2D eigenvalue weighted by Crippen LogP contribution is 2.34. The molecule has 7 heteroatoms. The van der Waals surface area contributed by atoms with Crippen molar-refractivity contribution in [2.45, 2.75) is 6.18 Å². The molecule has 0 aromatic carbocycles. The lowest BCUT2D eigenvalue weighted by molar-refractivity contribution is -0.136. The van der Waals surface area contributed by atoms with Crippen LogP contribution >= 0.6 is 0 Å². The second-order valence-electron chi connectivity index (χ2n) is 3.06. The number of rotatable bonds is 1. The molecule has 2 rings (SSSR count). The van der Waals surface area contributed by atoms with Crippen LogP contribution in [0.4, 0.5) is 13.2 Å². The van der Waals surface area contributed by atoms with E-state index in [4.69, 9.17) is 5.11 Å². The summed E-state index contributed by atoms with van der Waals surface area (Å²) >= 11 is 0. The Labute approximate surface area is 86.9 Å². The first-order valence-electron chi connectivity index (χ1n) is 4.19. The third-order valence-electron chi connectivity index (χ3n) is 2.03. The number of fused-ring (bicyclic) bond motifs is 1. The van der Waals surface area contributed by atoms with E-state index in [1.54, 1.807) is 0 Å². The Morgan fingerprint density at radius 3 is 2.62 bits per heavy atom. The van der Waals surface area contributed by atoms with Gasteiger partial charge in [-0.05, 0) is 12.1 Å². The summed E-state index contributed by atoms with van der Waals surface area (Å²) in [6.07, 6.45) is -3.48. The molecular formula is C9H5F3N2O2. The quantitative estimate of drug-likeness (QED) is 0.815. The van der Waals surface area contributed by atoms with Crippen LogP contribution < -0.4 is 0 Å². The molecule has 0 aliphatic heterocycles. The molecule has 0 spiro atoms. The Kier molecular flexibility index (Phi) is 2.11. The molecule has 1 N–H and O–H groups in total. The van der Waals surface area contributed by atoms with Gasteiger partial charge in [0, 0.05) is 6.20 Å². The Bertz CT molecular complexity index is 559. The van der Waals surface area contributed by atoms with E-state index in [2.05, 4.69) is 5.10 Å². The fourth-order valence-corrected chi connectivity index (χ4v) is 1.43. The van der Waals surface area contributed by atoms with Gasteiger partial charge < -0.3 is 5.11 Å². The second kappa shape index (κ2) is 3.22. The summed E-state index contributed by atoms with van der Waals surface area (Å²) in [5.41, 5.74) is -2.48. The lowest BCUT2D eigenvalue weighted by atomic mass is 10.2. The number of halogens is 3. The van der Waals surface area contributed by atoms with Crippen molar-refractivity contribution >= 4 is 11.5 Å². The number of carbonyl (C=O) groups is 1. The molecule has 4 nitrogen and oxygen atoms in total.